The van der Waals surface area contributed by atoms with Gasteiger partial charge in [-0.1, -0.05) is 113 Å². The van der Waals surface area contributed by atoms with Gasteiger partial charge in [-0.25, -0.2) is 0 Å². The first-order chi connectivity index (χ1) is 27.2. The molecule has 0 saturated heterocycles. The number of benzene rings is 6. The molecule has 0 atom stereocenters. The van der Waals surface area contributed by atoms with Gasteiger partial charge in [-0.2, -0.15) is 0 Å². The van der Waals surface area contributed by atoms with E-state index in [9.17, 15) is 0 Å². The van der Waals surface area contributed by atoms with Gasteiger partial charge in [0, 0.05) is 16.5 Å². The molecule has 0 N–H and O–H groups in total. The van der Waals surface area contributed by atoms with Crippen molar-refractivity contribution in [2.75, 3.05) is 4.90 Å². The van der Waals surface area contributed by atoms with E-state index >= 15 is 0 Å². The van der Waals surface area contributed by atoms with E-state index in [2.05, 4.69) is 160 Å². The van der Waals surface area contributed by atoms with Gasteiger partial charge >= 0.3 is 0 Å². The Morgan fingerprint density at radius 2 is 1.14 bits per heavy atom. The zero-order valence-corrected chi connectivity index (χ0v) is 33.2. The molecule has 2 nitrogen and oxygen atoms in total. The van der Waals surface area contributed by atoms with Gasteiger partial charge < -0.3 is 9.32 Å². The number of furan rings is 1. The lowest BCUT2D eigenvalue weighted by Gasteiger charge is -2.61. The van der Waals surface area contributed by atoms with Gasteiger partial charge in [0.1, 0.15) is 11.2 Å². The Labute approximate surface area is 331 Å². The molecule has 13 rings (SSSR count). The molecule has 6 aliphatic carbocycles. The molecule has 1 heterocycles. The van der Waals surface area contributed by atoms with E-state index in [0.29, 0.717) is 0 Å². The summed E-state index contributed by atoms with van der Waals surface area (Å²) in [6.07, 6.45) is 9.45. The molecule has 278 valence electrons. The standard InChI is InChI=1S/C54H51NO/c1-52(2)25-26-53(3,4)51-44(52)14-9-16-47(51)55(46-15-10-18-49-50(46)42-12-6-8-17-48(42)56-49)39-22-19-35(20-23-39)36-21-24-41-40-11-5-7-13-43(40)54(45(41)32-36)37-28-33-27-34(30-37)31-38(54)29-33/h5-24,32-34,37-38H,25-31H2,1-4H3. The lowest BCUT2D eigenvalue weighted by atomic mass is 9.43. The smallest absolute Gasteiger partial charge is 0.137 e. The zero-order valence-electron chi connectivity index (χ0n) is 33.2. The topological polar surface area (TPSA) is 16.4 Å². The summed E-state index contributed by atoms with van der Waals surface area (Å²) in [6.45, 7) is 9.75. The van der Waals surface area contributed by atoms with Crippen LogP contribution in [0.1, 0.15) is 94.9 Å². The minimum absolute atomic E-state index is 0.0296. The average Bonchev–Trinajstić information content (AvgIpc) is 3.73. The van der Waals surface area contributed by atoms with Crippen molar-refractivity contribution in [3.8, 4) is 22.3 Å². The van der Waals surface area contributed by atoms with Crippen LogP contribution in [0.25, 0.3) is 44.2 Å². The first-order valence-electron chi connectivity index (χ1n) is 21.4. The minimum atomic E-state index is 0.0296. The summed E-state index contributed by atoms with van der Waals surface area (Å²) < 4.78 is 6.49. The Balaban J connectivity index is 1.02. The van der Waals surface area contributed by atoms with Gasteiger partial charge in [-0.15, -0.1) is 0 Å². The summed E-state index contributed by atoms with van der Waals surface area (Å²) in [5.41, 5.74) is 17.5. The van der Waals surface area contributed by atoms with Crippen LogP contribution in [0.3, 0.4) is 0 Å². The molecule has 0 amide bonds. The SMILES string of the molecule is CC1(C)CCC(C)(C)c2c(N(c3ccc(-c4ccc5c(c4)C4(c6ccccc6-5)C5CC6CC(C5)CC4C6)cc3)c3cccc4oc5ccccc5c34)cccc21. The summed E-state index contributed by atoms with van der Waals surface area (Å²) in [4.78, 5) is 2.54. The molecule has 7 aromatic rings. The van der Waals surface area contributed by atoms with E-state index in [1.165, 1.54) is 83.3 Å². The van der Waals surface area contributed by atoms with E-state index < -0.39 is 0 Å². The van der Waals surface area contributed by atoms with Crippen molar-refractivity contribution in [3.63, 3.8) is 0 Å². The van der Waals surface area contributed by atoms with Gasteiger partial charge in [0.05, 0.1) is 16.8 Å². The van der Waals surface area contributed by atoms with Crippen molar-refractivity contribution in [1.29, 1.82) is 0 Å². The molecule has 4 fully saturated rings. The quantitative estimate of drug-likeness (QED) is 0.179. The molecule has 4 saturated carbocycles. The molecule has 0 aliphatic heterocycles. The van der Waals surface area contributed by atoms with Crippen LogP contribution in [0, 0.1) is 23.7 Å². The van der Waals surface area contributed by atoms with Crippen LogP contribution >= 0.6 is 0 Å². The monoisotopic (exact) mass is 729 g/mol. The molecular formula is C54H51NO. The fourth-order valence-corrected chi connectivity index (χ4v) is 13.4. The number of hydrogen-bond donors (Lipinski definition) is 0. The van der Waals surface area contributed by atoms with Crippen molar-refractivity contribution < 1.29 is 4.42 Å². The summed E-state index contributed by atoms with van der Waals surface area (Å²) >= 11 is 0. The van der Waals surface area contributed by atoms with E-state index in [1.807, 2.05) is 0 Å². The number of nitrogens with zero attached hydrogens (tertiary/aromatic N) is 1. The normalized spacial score (nSPS) is 26.1. The van der Waals surface area contributed by atoms with Crippen molar-refractivity contribution in [2.45, 2.75) is 88.9 Å². The van der Waals surface area contributed by atoms with Crippen molar-refractivity contribution in [2.24, 2.45) is 23.7 Å². The molecule has 6 aromatic carbocycles. The van der Waals surface area contributed by atoms with Crippen molar-refractivity contribution in [3.05, 3.63) is 150 Å². The van der Waals surface area contributed by atoms with Crippen molar-refractivity contribution >= 4 is 39.0 Å². The average molecular weight is 730 g/mol. The van der Waals surface area contributed by atoms with Crippen LogP contribution < -0.4 is 4.90 Å². The third-order valence-corrected chi connectivity index (χ3v) is 15.7. The second-order valence-corrected chi connectivity index (χ2v) is 19.6. The Hall–Kier alpha value is -5.08. The van der Waals surface area contributed by atoms with E-state index in [1.54, 1.807) is 11.1 Å². The largest absolute Gasteiger partial charge is 0.456 e. The molecule has 56 heavy (non-hydrogen) atoms. The molecule has 4 bridgehead atoms. The van der Waals surface area contributed by atoms with E-state index in [-0.39, 0.29) is 16.2 Å². The van der Waals surface area contributed by atoms with Gasteiger partial charge in [-0.05, 0) is 166 Å². The Kier molecular flexibility index (Phi) is 6.80. The first kappa shape index (κ1) is 33.1. The predicted molar refractivity (Wildman–Crippen MR) is 232 cm³/mol. The van der Waals surface area contributed by atoms with Crippen LogP contribution in [0.2, 0.25) is 0 Å². The van der Waals surface area contributed by atoms with Gasteiger partial charge in [0.2, 0.25) is 0 Å². The van der Waals surface area contributed by atoms with Gasteiger partial charge in [0.25, 0.3) is 0 Å². The van der Waals surface area contributed by atoms with Crippen LogP contribution in [-0.2, 0) is 16.2 Å². The second-order valence-electron chi connectivity index (χ2n) is 19.6. The predicted octanol–water partition coefficient (Wildman–Crippen LogP) is 14.8. The molecule has 1 spiro atoms. The molecule has 6 aliphatic rings. The Morgan fingerprint density at radius 3 is 1.95 bits per heavy atom. The third kappa shape index (κ3) is 4.45. The Bertz CT molecular complexity index is 2700. The Morgan fingerprint density at radius 1 is 0.518 bits per heavy atom. The lowest BCUT2D eigenvalue weighted by Crippen LogP contribution is -2.55. The van der Waals surface area contributed by atoms with E-state index in [0.717, 1.165) is 57.7 Å². The molecule has 0 radical (unpaired) electrons. The highest BCUT2D eigenvalue weighted by Gasteiger charge is 2.61. The summed E-state index contributed by atoms with van der Waals surface area (Å²) in [5, 5.41) is 2.32. The fourth-order valence-electron chi connectivity index (χ4n) is 13.4. The second kappa shape index (κ2) is 11.5. The van der Waals surface area contributed by atoms with Crippen molar-refractivity contribution in [1.82, 2.24) is 0 Å². The van der Waals surface area contributed by atoms with E-state index in [4.69, 9.17) is 4.42 Å². The van der Waals surface area contributed by atoms with Gasteiger partial charge in [0.15, 0.2) is 0 Å². The first-order valence-corrected chi connectivity index (χ1v) is 21.4. The number of rotatable bonds is 4. The zero-order chi connectivity index (χ0) is 37.6. The maximum absolute atomic E-state index is 6.49. The molecule has 0 unspecified atom stereocenters. The molecular weight excluding hydrogens is 679 g/mol. The number of fused-ring (bicyclic) bond motifs is 7. The maximum atomic E-state index is 6.49. The third-order valence-electron chi connectivity index (χ3n) is 15.7. The van der Waals surface area contributed by atoms with Crippen LogP contribution in [0.15, 0.2) is 132 Å². The lowest BCUT2D eigenvalue weighted by molar-refractivity contribution is -0.0399. The molecule has 2 heteroatoms. The highest BCUT2D eigenvalue weighted by atomic mass is 16.3. The number of hydrogen-bond acceptors (Lipinski definition) is 2. The fraction of sp³-hybridized carbons (Fsp3) is 0.333. The number of anilines is 3. The molecule has 1 aromatic heterocycles. The van der Waals surface area contributed by atoms with Crippen LogP contribution in [0.5, 0.6) is 0 Å². The summed E-state index contributed by atoms with van der Waals surface area (Å²) in [6, 6.07) is 48.6. The number of para-hydroxylation sites is 1. The highest BCUT2D eigenvalue weighted by molar-refractivity contribution is 6.13. The highest BCUT2D eigenvalue weighted by Crippen LogP contribution is 2.69. The minimum Gasteiger partial charge on any atom is -0.456 e. The van der Waals surface area contributed by atoms with Crippen LogP contribution in [-0.4, -0.2) is 0 Å². The van der Waals surface area contributed by atoms with Crippen LogP contribution in [0.4, 0.5) is 17.1 Å². The summed E-state index contributed by atoms with van der Waals surface area (Å²) in [7, 11) is 0. The van der Waals surface area contributed by atoms with Gasteiger partial charge in [-0.3, -0.25) is 0 Å². The maximum Gasteiger partial charge on any atom is 0.137 e. The summed E-state index contributed by atoms with van der Waals surface area (Å²) in [5.74, 6) is 3.41.